The molecule has 0 N–H and O–H groups in total. The van der Waals surface area contributed by atoms with Crippen molar-refractivity contribution >= 4 is 32.6 Å². The monoisotopic (exact) mass is 678 g/mol. The molecule has 0 aliphatic rings. The third kappa shape index (κ3) is 5.71. The number of hydrogen-bond acceptors (Lipinski definition) is 5. The average molecular weight is 679 g/mol. The van der Waals surface area contributed by atoms with Crippen molar-refractivity contribution in [3.63, 3.8) is 0 Å². The summed E-state index contributed by atoms with van der Waals surface area (Å²) in [6.07, 6.45) is 0. The van der Waals surface area contributed by atoms with Crippen LogP contribution in [0.1, 0.15) is 0 Å². The van der Waals surface area contributed by atoms with Crippen LogP contribution in [0.5, 0.6) is 0 Å². The van der Waals surface area contributed by atoms with Crippen LogP contribution in [0.4, 0.5) is 0 Å². The summed E-state index contributed by atoms with van der Waals surface area (Å²) in [6, 6.07) is 62.4. The van der Waals surface area contributed by atoms with Gasteiger partial charge in [-0.15, -0.1) is 0 Å². The van der Waals surface area contributed by atoms with Crippen LogP contribution in [0.15, 0.2) is 186 Å². The first-order valence-corrected chi connectivity index (χ1v) is 17.6. The summed E-state index contributed by atoms with van der Waals surface area (Å²) in [7, 11) is 0. The second-order valence-corrected chi connectivity index (χ2v) is 13.1. The molecule has 248 valence electrons. The third-order valence-electron chi connectivity index (χ3n) is 9.72. The van der Waals surface area contributed by atoms with E-state index in [9.17, 15) is 0 Å². The van der Waals surface area contributed by atoms with E-state index < -0.39 is 0 Å². The van der Waals surface area contributed by atoms with Crippen LogP contribution in [0.25, 0.3) is 101 Å². The Balaban J connectivity index is 1.10. The predicted molar refractivity (Wildman–Crippen MR) is 215 cm³/mol. The highest BCUT2D eigenvalue weighted by Crippen LogP contribution is 2.38. The highest BCUT2D eigenvalue weighted by molar-refractivity contribution is 6.11. The van der Waals surface area contributed by atoms with E-state index in [1.807, 2.05) is 66.7 Å². The van der Waals surface area contributed by atoms with Crippen LogP contribution in [0.2, 0.25) is 0 Å². The van der Waals surface area contributed by atoms with Gasteiger partial charge in [0.2, 0.25) is 5.89 Å². The Kier molecular flexibility index (Phi) is 7.40. The molecule has 2 heterocycles. The van der Waals surface area contributed by atoms with E-state index in [4.69, 9.17) is 24.4 Å². The van der Waals surface area contributed by atoms with Gasteiger partial charge in [-0.25, -0.2) is 19.9 Å². The van der Waals surface area contributed by atoms with E-state index in [1.165, 1.54) is 10.8 Å². The Morgan fingerprint density at radius 1 is 0.321 bits per heavy atom. The highest BCUT2D eigenvalue weighted by Gasteiger charge is 2.17. The van der Waals surface area contributed by atoms with Crippen molar-refractivity contribution in [1.29, 1.82) is 0 Å². The smallest absolute Gasteiger partial charge is 0.227 e. The van der Waals surface area contributed by atoms with Crippen molar-refractivity contribution in [2.24, 2.45) is 0 Å². The lowest BCUT2D eigenvalue weighted by Crippen LogP contribution is -2.00. The number of oxazole rings is 1. The Morgan fingerprint density at radius 2 is 0.849 bits per heavy atom. The molecule has 8 aromatic carbocycles. The van der Waals surface area contributed by atoms with Gasteiger partial charge in [0.25, 0.3) is 0 Å². The summed E-state index contributed by atoms with van der Waals surface area (Å²) in [4.78, 5) is 20.0. The van der Waals surface area contributed by atoms with Gasteiger partial charge in [0, 0.05) is 27.6 Å². The number of hydrogen-bond donors (Lipinski definition) is 0. The molecule has 0 aliphatic carbocycles. The third-order valence-corrected chi connectivity index (χ3v) is 9.72. The van der Waals surface area contributed by atoms with Crippen LogP contribution in [-0.2, 0) is 0 Å². The standard InChI is InChI=1S/C48H30N4O/c1-3-13-33(14-4-1)45-50-46(39-21-9-19-36(29-39)37-25-24-31-12-7-8-17-35(31)28-37)52-47(51-45)40-22-10-20-38(30-40)41-23-11-18-32-26-27-42-44(43(32)41)53-48(49-42)34-15-5-2-6-16-34/h1-30H. The molecular weight excluding hydrogens is 649 g/mol. The Labute approximate surface area is 305 Å². The van der Waals surface area contributed by atoms with Gasteiger partial charge in [-0.05, 0) is 74.8 Å². The van der Waals surface area contributed by atoms with E-state index in [1.54, 1.807) is 0 Å². The largest absolute Gasteiger partial charge is 0.435 e. The first kappa shape index (κ1) is 30.6. The average Bonchev–Trinajstić information content (AvgIpc) is 3.69. The van der Waals surface area contributed by atoms with Crippen molar-refractivity contribution in [2.45, 2.75) is 0 Å². The van der Waals surface area contributed by atoms with E-state index in [2.05, 4.69) is 115 Å². The molecule has 5 heteroatoms. The molecule has 0 amide bonds. The van der Waals surface area contributed by atoms with Gasteiger partial charge in [0.1, 0.15) is 5.52 Å². The van der Waals surface area contributed by atoms with Crippen molar-refractivity contribution in [2.75, 3.05) is 0 Å². The van der Waals surface area contributed by atoms with Gasteiger partial charge in [-0.2, -0.15) is 0 Å². The summed E-state index contributed by atoms with van der Waals surface area (Å²) < 4.78 is 6.49. The minimum Gasteiger partial charge on any atom is -0.435 e. The maximum atomic E-state index is 6.49. The normalized spacial score (nSPS) is 11.4. The number of nitrogens with zero attached hydrogens (tertiary/aromatic N) is 4. The maximum Gasteiger partial charge on any atom is 0.227 e. The summed E-state index contributed by atoms with van der Waals surface area (Å²) in [5.41, 5.74) is 9.58. The van der Waals surface area contributed by atoms with Gasteiger partial charge in [-0.1, -0.05) is 146 Å². The quantitative estimate of drug-likeness (QED) is 0.175. The van der Waals surface area contributed by atoms with Crippen molar-refractivity contribution < 1.29 is 4.42 Å². The predicted octanol–water partition coefficient (Wildman–Crippen LogP) is 12.3. The second-order valence-electron chi connectivity index (χ2n) is 13.1. The summed E-state index contributed by atoms with van der Waals surface area (Å²) in [5.74, 6) is 2.44. The van der Waals surface area contributed by atoms with Crippen LogP contribution >= 0.6 is 0 Å². The first-order valence-electron chi connectivity index (χ1n) is 17.6. The molecular formula is C48H30N4O. The SMILES string of the molecule is c1ccc(-c2nc(-c3cccc(-c4ccc5ccccc5c4)c3)nc(-c3cccc(-c4cccc5ccc6nc(-c7ccccc7)oc6c45)c3)n2)cc1. The molecule has 0 fully saturated rings. The molecule has 0 bridgehead atoms. The van der Waals surface area contributed by atoms with Crippen molar-refractivity contribution in [3.05, 3.63) is 182 Å². The van der Waals surface area contributed by atoms with Crippen LogP contribution < -0.4 is 0 Å². The van der Waals surface area contributed by atoms with Gasteiger partial charge in [-0.3, -0.25) is 0 Å². The van der Waals surface area contributed by atoms with Gasteiger partial charge in [0.05, 0.1) is 0 Å². The van der Waals surface area contributed by atoms with Gasteiger partial charge in [0.15, 0.2) is 23.1 Å². The molecule has 0 aliphatic heterocycles. The van der Waals surface area contributed by atoms with Gasteiger partial charge >= 0.3 is 0 Å². The second kappa shape index (κ2) is 12.8. The summed E-state index contributed by atoms with van der Waals surface area (Å²) >= 11 is 0. The fraction of sp³-hybridized carbons (Fsp3) is 0. The lowest BCUT2D eigenvalue weighted by atomic mass is 9.96. The topological polar surface area (TPSA) is 64.7 Å². The fourth-order valence-corrected chi connectivity index (χ4v) is 7.08. The van der Waals surface area contributed by atoms with E-state index in [-0.39, 0.29) is 0 Å². The molecule has 10 aromatic rings. The highest BCUT2D eigenvalue weighted by atomic mass is 16.3. The summed E-state index contributed by atoms with van der Waals surface area (Å²) in [5, 5.41) is 4.52. The Morgan fingerprint density at radius 3 is 1.60 bits per heavy atom. The molecule has 53 heavy (non-hydrogen) atoms. The summed E-state index contributed by atoms with van der Waals surface area (Å²) in [6.45, 7) is 0. The van der Waals surface area contributed by atoms with Gasteiger partial charge < -0.3 is 4.42 Å². The molecule has 5 nitrogen and oxygen atoms in total. The van der Waals surface area contributed by atoms with Crippen LogP contribution in [-0.4, -0.2) is 19.9 Å². The van der Waals surface area contributed by atoms with Crippen LogP contribution in [0.3, 0.4) is 0 Å². The molecule has 10 rings (SSSR count). The molecule has 0 unspecified atom stereocenters. The zero-order valence-electron chi connectivity index (χ0n) is 28.5. The van der Waals surface area contributed by atoms with Crippen molar-refractivity contribution in [1.82, 2.24) is 19.9 Å². The number of benzene rings is 8. The van der Waals surface area contributed by atoms with Crippen molar-refractivity contribution in [3.8, 4) is 67.9 Å². The lowest BCUT2D eigenvalue weighted by Gasteiger charge is -2.12. The number of aromatic nitrogens is 4. The number of fused-ring (bicyclic) bond motifs is 4. The molecule has 0 atom stereocenters. The molecule has 0 spiro atoms. The first-order chi connectivity index (χ1) is 26.2. The lowest BCUT2D eigenvalue weighted by molar-refractivity contribution is 0.623. The molecule has 0 saturated heterocycles. The fourth-order valence-electron chi connectivity index (χ4n) is 7.08. The minimum absolute atomic E-state index is 0.600. The van der Waals surface area contributed by atoms with E-state index in [0.717, 1.165) is 66.4 Å². The van der Waals surface area contributed by atoms with Crippen LogP contribution in [0, 0.1) is 0 Å². The zero-order chi connectivity index (χ0) is 35.1. The van der Waals surface area contributed by atoms with E-state index >= 15 is 0 Å². The Bertz CT molecular complexity index is 2950. The molecule has 0 saturated carbocycles. The number of rotatable bonds is 6. The molecule has 2 aromatic heterocycles. The maximum absolute atomic E-state index is 6.49. The minimum atomic E-state index is 0.600. The van der Waals surface area contributed by atoms with E-state index in [0.29, 0.717) is 23.4 Å². The zero-order valence-corrected chi connectivity index (χ0v) is 28.5. The molecule has 0 radical (unpaired) electrons. The Hall–Kier alpha value is -7.24.